The third kappa shape index (κ3) is 2.98. The van der Waals surface area contributed by atoms with Gasteiger partial charge in [-0.2, -0.15) is 0 Å². The molecule has 0 nitrogen and oxygen atoms in total. The Labute approximate surface area is 230 Å². The molecular formula is C30H34Cl2SiZr. The van der Waals surface area contributed by atoms with E-state index in [0.717, 1.165) is 46.6 Å². The predicted octanol–water partition coefficient (Wildman–Crippen LogP) is 1.87. The van der Waals surface area contributed by atoms with Crippen molar-refractivity contribution in [3.8, 4) is 0 Å². The second kappa shape index (κ2) is 8.31. The Morgan fingerprint density at radius 2 is 1.09 bits per heavy atom. The normalized spacial score (nSPS) is 48.8. The van der Waals surface area contributed by atoms with Crippen LogP contribution in [0.3, 0.4) is 0 Å². The van der Waals surface area contributed by atoms with E-state index < -0.39 is 31.3 Å². The largest absolute Gasteiger partial charge is 1.00 e. The summed E-state index contributed by atoms with van der Waals surface area (Å²) in [5.74, 6) is 4.45. The van der Waals surface area contributed by atoms with Gasteiger partial charge in [0.05, 0.1) is 0 Å². The van der Waals surface area contributed by atoms with Crippen LogP contribution >= 0.6 is 0 Å². The van der Waals surface area contributed by atoms with Gasteiger partial charge in [0.2, 0.25) is 0 Å². The Morgan fingerprint density at radius 1 is 0.647 bits per heavy atom. The summed E-state index contributed by atoms with van der Waals surface area (Å²) in [5, 5.41) is 0. The summed E-state index contributed by atoms with van der Waals surface area (Å²) in [6.07, 6.45) is 36.3. The second-order valence-electron chi connectivity index (χ2n) is 12.1. The van der Waals surface area contributed by atoms with Crippen molar-refractivity contribution in [2.24, 2.45) is 35.5 Å². The molecule has 1 saturated heterocycles. The van der Waals surface area contributed by atoms with Crippen molar-refractivity contribution in [1.29, 1.82) is 0 Å². The van der Waals surface area contributed by atoms with Gasteiger partial charge in [-0.1, -0.05) is 0 Å². The Morgan fingerprint density at radius 3 is 1.53 bits per heavy atom. The Balaban J connectivity index is 0.00000120. The first-order valence-corrected chi connectivity index (χ1v) is 18.2. The molecule has 34 heavy (non-hydrogen) atoms. The van der Waals surface area contributed by atoms with Crippen molar-refractivity contribution in [2.75, 3.05) is 0 Å². The summed E-state index contributed by atoms with van der Waals surface area (Å²) in [6, 6.07) is 0. The molecule has 0 radical (unpaired) electrons. The fraction of sp³-hybridized carbons (Fsp3) is 0.467. The van der Waals surface area contributed by atoms with Gasteiger partial charge in [-0.15, -0.1) is 0 Å². The zero-order valence-corrected chi connectivity index (χ0v) is 25.4. The van der Waals surface area contributed by atoms with Crippen LogP contribution in [0.4, 0.5) is 0 Å². The van der Waals surface area contributed by atoms with Crippen LogP contribution in [-0.2, 0) is 23.2 Å². The fourth-order valence-corrected chi connectivity index (χ4v) is 23.2. The van der Waals surface area contributed by atoms with Crippen LogP contribution < -0.4 is 24.8 Å². The fourth-order valence-electron chi connectivity index (χ4n) is 9.55. The van der Waals surface area contributed by atoms with Crippen molar-refractivity contribution >= 4 is 8.07 Å². The maximum atomic E-state index is 2.81. The summed E-state index contributed by atoms with van der Waals surface area (Å²) in [7, 11) is -1.65. The molecule has 1 aliphatic heterocycles. The molecule has 4 bridgehead atoms. The minimum atomic E-state index is -1.65. The van der Waals surface area contributed by atoms with E-state index in [2.05, 4.69) is 112 Å². The first kappa shape index (κ1) is 25.3. The molecule has 7 rings (SSSR count). The van der Waals surface area contributed by atoms with Gasteiger partial charge < -0.3 is 24.8 Å². The van der Waals surface area contributed by atoms with E-state index in [1.165, 1.54) is 11.1 Å². The Bertz CT molecular complexity index is 1050. The summed E-state index contributed by atoms with van der Waals surface area (Å²) >= 11 is -0.895. The van der Waals surface area contributed by atoms with Gasteiger partial charge in [0.1, 0.15) is 0 Å². The monoisotopic (exact) mass is 582 g/mol. The number of fused-ring (bicyclic) bond motifs is 4. The van der Waals surface area contributed by atoms with Crippen molar-refractivity contribution in [1.82, 2.24) is 0 Å². The third-order valence-corrected chi connectivity index (χ3v) is 21.6. The van der Waals surface area contributed by atoms with E-state index in [0.29, 0.717) is 6.25 Å². The molecule has 0 aromatic rings. The van der Waals surface area contributed by atoms with E-state index in [4.69, 9.17) is 0 Å². The Kier molecular flexibility index (Phi) is 6.17. The Hall–Kier alpha value is -0.400. The molecule has 176 valence electrons. The van der Waals surface area contributed by atoms with Crippen LogP contribution in [-0.4, -0.2) is 8.07 Å². The molecule has 0 N–H and O–H groups in total. The molecule has 7 aliphatic rings. The van der Waals surface area contributed by atoms with Crippen molar-refractivity contribution in [3.05, 3.63) is 96.2 Å². The van der Waals surface area contributed by atoms with E-state index in [-0.39, 0.29) is 24.8 Å². The molecule has 0 spiro atoms. The number of hydrogen-bond donors (Lipinski definition) is 0. The van der Waals surface area contributed by atoms with E-state index in [1.807, 2.05) is 0 Å². The first-order chi connectivity index (χ1) is 15.4. The average Bonchev–Trinajstić information content (AvgIpc) is 3.21. The molecule has 6 aliphatic carbocycles. The maximum Gasteiger partial charge on any atom is -1.00 e. The van der Waals surface area contributed by atoms with Crippen LogP contribution in [0.1, 0.15) is 13.8 Å². The van der Waals surface area contributed by atoms with E-state index in [1.54, 1.807) is 0 Å². The molecule has 3 fully saturated rings. The third-order valence-electron chi connectivity index (χ3n) is 10.4. The number of rotatable bonds is 0. The smallest absolute Gasteiger partial charge is 1.00 e. The molecular weight excluding hydrogens is 551 g/mol. The molecule has 4 heteroatoms. The van der Waals surface area contributed by atoms with Crippen molar-refractivity contribution in [2.45, 2.75) is 44.3 Å². The van der Waals surface area contributed by atoms with Crippen LogP contribution in [0.25, 0.3) is 0 Å². The molecule has 10 atom stereocenters. The maximum absolute atomic E-state index is 2.81. The second-order valence-corrected chi connectivity index (χ2v) is 22.0. The standard InChI is InChI=1S/C30H34Si.2ClH.Zr/c1-19-13-15-23-21-9-5-7-11-25(21)29(27(23)17-19)31(3,4)30-26-12-8-6-10-22(26)24-16-14-20(2)18-28(24)30;;;/h5-18,23-30H,1-4H3;2*1H;/q;;;+2/p-2. The molecule has 1 heterocycles. The molecule has 2 saturated carbocycles. The van der Waals surface area contributed by atoms with Crippen LogP contribution in [0.15, 0.2) is 96.2 Å². The summed E-state index contributed by atoms with van der Waals surface area (Å²) in [4.78, 5) is 0. The van der Waals surface area contributed by atoms with Gasteiger partial charge >= 0.3 is 207 Å². The van der Waals surface area contributed by atoms with Crippen LogP contribution in [0.2, 0.25) is 30.4 Å². The van der Waals surface area contributed by atoms with Crippen molar-refractivity contribution in [3.63, 3.8) is 0 Å². The van der Waals surface area contributed by atoms with E-state index in [9.17, 15) is 0 Å². The predicted molar refractivity (Wildman–Crippen MR) is 134 cm³/mol. The minimum Gasteiger partial charge on any atom is -1.00 e. The SMILES string of the molecule is CC1=CC2C(C=C1)[C]13C=CC=CC1C2[Si](C)(C)C1C2C=C(C)C=CC2[C]2(C=CC=CC12)[Zr+2]3.[Cl-].[Cl-]. The average molecular weight is 585 g/mol. The topological polar surface area (TPSA) is 0 Å². The summed E-state index contributed by atoms with van der Waals surface area (Å²) in [6.45, 7) is 10.3. The first-order valence-electron chi connectivity index (χ1n) is 12.6. The summed E-state index contributed by atoms with van der Waals surface area (Å²) < 4.78 is 0.839. The molecule has 0 aromatic carbocycles. The van der Waals surface area contributed by atoms with Crippen molar-refractivity contribution < 1.29 is 48.0 Å². The minimum absolute atomic E-state index is 0. The molecule has 0 aromatic heterocycles. The number of hydrogen-bond acceptors (Lipinski definition) is 0. The quantitative estimate of drug-likeness (QED) is 0.382. The zero-order valence-electron chi connectivity index (χ0n) is 20.5. The van der Waals surface area contributed by atoms with Crippen LogP contribution in [0, 0.1) is 35.5 Å². The van der Waals surface area contributed by atoms with E-state index >= 15 is 0 Å². The van der Waals surface area contributed by atoms with Gasteiger partial charge in [-0.3, -0.25) is 0 Å². The summed E-state index contributed by atoms with van der Waals surface area (Å²) in [5.41, 5.74) is 4.72. The van der Waals surface area contributed by atoms with Gasteiger partial charge in [-0.05, 0) is 0 Å². The molecule has 10 unspecified atom stereocenters. The van der Waals surface area contributed by atoms with Gasteiger partial charge in [-0.25, -0.2) is 0 Å². The van der Waals surface area contributed by atoms with Gasteiger partial charge in [0, 0.05) is 0 Å². The zero-order chi connectivity index (χ0) is 21.9. The molecule has 0 amide bonds. The number of allylic oxidation sites excluding steroid dienone is 16. The number of halogens is 2. The van der Waals surface area contributed by atoms with Gasteiger partial charge in [0.25, 0.3) is 0 Å². The van der Waals surface area contributed by atoms with Gasteiger partial charge in [0.15, 0.2) is 0 Å². The van der Waals surface area contributed by atoms with Crippen LogP contribution in [0.5, 0.6) is 0 Å².